The molecule has 22 heavy (non-hydrogen) atoms. The van der Waals surface area contributed by atoms with Crippen LogP contribution in [0.15, 0.2) is 24.3 Å². The Morgan fingerprint density at radius 3 is 2.27 bits per heavy atom. The van der Waals surface area contributed by atoms with Gasteiger partial charge in [0.15, 0.2) is 0 Å². The lowest BCUT2D eigenvalue weighted by Gasteiger charge is -2.30. The Kier molecular flexibility index (Phi) is 7.39. The molecule has 0 heterocycles. The average molecular weight is 325 g/mol. The van der Waals surface area contributed by atoms with Crippen molar-refractivity contribution in [3.8, 4) is 0 Å². The van der Waals surface area contributed by atoms with E-state index in [0.717, 1.165) is 12.0 Å². The molecule has 0 radical (unpaired) electrons. The highest BCUT2D eigenvalue weighted by molar-refractivity contribution is 6.30. The molecule has 0 aliphatic heterocycles. The Morgan fingerprint density at radius 1 is 1.18 bits per heavy atom. The minimum absolute atomic E-state index is 0.0332. The summed E-state index contributed by atoms with van der Waals surface area (Å²) in [4.78, 5) is 26.3. The smallest absolute Gasteiger partial charge is 0.242 e. The van der Waals surface area contributed by atoms with Gasteiger partial charge in [-0.15, -0.1) is 0 Å². The van der Waals surface area contributed by atoms with Crippen molar-refractivity contribution in [2.75, 3.05) is 6.54 Å². The van der Waals surface area contributed by atoms with Crippen LogP contribution in [-0.4, -0.2) is 29.3 Å². The van der Waals surface area contributed by atoms with Crippen LogP contribution < -0.4 is 5.32 Å². The lowest BCUT2D eigenvalue weighted by molar-refractivity contribution is -0.143. The lowest BCUT2D eigenvalue weighted by Crippen LogP contribution is -2.49. The minimum Gasteiger partial charge on any atom is -0.354 e. The molecule has 0 aliphatic rings. The summed E-state index contributed by atoms with van der Waals surface area (Å²) in [5.41, 5.74) is 0.952. The van der Waals surface area contributed by atoms with Crippen molar-refractivity contribution in [3.05, 3.63) is 34.9 Å². The quantitative estimate of drug-likeness (QED) is 0.837. The second-order valence-electron chi connectivity index (χ2n) is 5.71. The summed E-state index contributed by atoms with van der Waals surface area (Å²) >= 11 is 5.89. The Labute approximate surface area is 137 Å². The number of benzene rings is 1. The molecule has 2 amide bonds. The summed E-state index contributed by atoms with van der Waals surface area (Å²) in [7, 11) is 0. The van der Waals surface area contributed by atoms with E-state index < -0.39 is 6.04 Å². The number of carbonyl (C=O) groups is 2. The molecule has 122 valence electrons. The molecule has 0 saturated heterocycles. The molecule has 0 saturated carbocycles. The predicted molar refractivity (Wildman–Crippen MR) is 89.6 cm³/mol. The molecular weight excluding hydrogens is 300 g/mol. The second-order valence-corrected chi connectivity index (χ2v) is 6.15. The van der Waals surface area contributed by atoms with Crippen LogP contribution in [0.3, 0.4) is 0 Å². The highest BCUT2D eigenvalue weighted by atomic mass is 35.5. The molecule has 1 aromatic rings. The zero-order valence-corrected chi connectivity index (χ0v) is 14.5. The molecular formula is C17H25ClN2O2. The van der Waals surface area contributed by atoms with Crippen molar-refractivity contribution < 1.29 is 9.59 Å². The largest absolute Gasteiger partial charge is 0.354 e. The van der Waals surface area contributed by atoms with E-state index >= 15 is 0 Å². The maximum atomic E-state index is 12.5. The van der Waals surface area contributed by atoms with E-state index in [-0.39, 0.29) is 17.7 Å². The van der Waals surface area contributed by atoms with Gasteiger partial charge in [0.2, 0.25) is 11.8 Å². The number of hydrogen-bond acceptors (Lipinski definition) is 2. The van der Waals surface area contributed by atoms with Gasteiger partial charge in [-0.3, -0.25) is 9.59 Å². The molecule has 0 fully saturated rings. The van der Waals surface area contributed by atoms with Gasteiger partial charge in [-0.25, -0.2) is 0 Å². The van der Waals surface area contributed by atoms with Crippen molar-refractivity contribution >= 4 is 23.4 Å². The van der Waals surface area contributed by atoms with Crippen LogP contribution in [0.1, 0.15) is 39.7 Å². The number of rotatable bonds is 7. The SMILES string of the molecule is CCCNC(=O)[C@@H](C)N(Cc1ccc(Cl)cc1)C(=O)C(C)C. The number of nitrogens with zero attached hydrogens (tertiary/aromatic N) is 1. The van der Waals surface area contributed by atoms with E-state index in [2.05, 4.69) is 5.32 Å². The van der Waals surface area contributed by atoms with E-state index in [0.29, 0.717) is 18.1 Å². The Balaban J connectivity index is 2.90. The molecule has 0 aromatic heterocycles. The summed E-state index contributed by atoms with van der Waals surface area (Å²) < 4.78 is 0. The fourth-order valence-electron chi connectivity index (χ4n) is 2.06. The Hall–Kier alpha value is -1.55. The maximum Gasteiger partial charge on any atom is 0.242 e. The maximum absolute atomic E-state index is 12.5. The minimum atomic E-state index is -0.503. The highest BCUT2D eigenvalue weighted by Gasteiger charge is 2.27. The van der Waals surface area contributed by atoms with Crippen molar-refractivity contribution in [2.45, 2.75) is 46.7 Å². The molecule has 1 N–H and O–H groups in total. The van der Waals surface area contributed by atoms with Gasteiger partial charge in [-0.2, -0.15) is 0 Å². The number of carbonyl (C=O) groups excluding carboxylic acids is 2. The Bertz CT molecular complexity index is 500. The van der Waals surface area contributed by atoms with Crippen molar-refractivity contribution in [1.82, 2.24) is 10.2 Å². The standard InChI is InChI=1S/C17H25ClN2O2/c1-5-10-19-16(21)13(4)20(17(22)12(2)3)11-14-6-8-15(18)9-7-14/h6-9,12-13H,5,10-11H2,1-4H3,(H,19,21)/t13-/m1/s1. The zero-order valence-electron chi connectivity index (χ0n) is 13.7. The number of halogens is 1. The van der Waals surface area contributed by atoms with Gasteiger partial charge in [0, 0.05) is 24.0 Å². The van der Waals surface area contributed by atoms with E-state index in [4.69, 9.17) is 11.6 Å². The van der Waals surface area contributed by atoms with Gasteiger partial charge in [-0.1, -0.05) is 44.5 Å². The van der Waals surface area contributed by atoms with Gasteiger partial charge in [0.1, 0.15) is 6.04 Å². The van der Waals surface area contributed by atoms with E-state index in [1.165, 1.54) is 0 Å². The first-order valence-corrected chi connectivity index (χ1v) is 8.07. The van der Waals surface area contributed by atoms with Crippen LogP contribution in [-0.2, 0) is 16.1 Å². The number of hydrogen-bond donors (Lipinski definition) is 1. The summed E-state index contributed by atoms with van der Waals surface area (Å²) in [6, 6.07) is 6.82. The number of nitrogens with one attached hydrogen (secondary N) is 1. The van der Waals surface area contributed by atoms with Crippen molar-refractivity contribution in [1.29, 1.82) is 0 Å². The van der Waals surface area contributed by atoms with Crippen LogP contribution >= 0.6 is 11.6 Å². The van der Waals surface area contributed by atoms with Gasteiger partial charge in [0.25, 0.3) is 0 Å². The number of amides is 2. The van der Waals surface area contributed by atoms with Gasteiger partial charge in [0.05, 0.1) is 0 Å². The Morgan fingerprint density at radius 2 is 1.77 bits per heavy atom. The third-order valence-corrected chi connectivity index (χ3v) is 3.69. The summed E-state index contributed by atoms with van der Waals surface area (Å²) in [6.45, 7) is 8.46. The summed E-state index contributed by atoms with van der Waals surface area (Å²) in [5.74, 6) is -0.312. The van der Waals surface area contributed by atoms with E-state index in [1.807, 2.05) is 32.9 Å². The fourth-order valence-corrected chi connectivity index (χ4v) is 2.19. The summed E-state index contributed by atoms with van der Waals surface area (Å²) in [6.07, 6.45) is 0.869. The predicted octanol–water partition coefficient (Wildman–Crippen LogP) is 3.24. The molecule has 5 heteroatoms. The van der Waals surface area contributed by atoms with Gasteiger partial charge < -0.3 is 10.2 Å². The molecule has 1 atom stereocenters. The lowest BCUT2D eigenvalue weighted by atomic mass is 10.1. The molecule has 0 bridgehead atoms. The van der Waals surface area contributed by atoms with Gasteiger partial charge in [-0.05, 0) is 31.0 Å². The van der Waals surface area contributed by atoms with Crippen molar-refractivity contribution in [2.24, 2.45) is 5.92 Å². The summed E-state index contributed by atoms with van der Waals surface area (Å²) in [5, 5.41) is 3.50. The average Bonchev–Trinajstić information content (AvgIpc) is 2.50. The first kappa shape index (κ1) is 18.5. The molecule has 0 aliphatic carbocycles. The molecule has 0 unspecified atom stereocenters. The first-order valence-electron chi connectivity index (χ1n) is 7.69. The topological polar surface area (TPSA) is 49.4 Å². The first-order chi connectivity index (χ1) is 10.4. The van der Waals surface area contributed by atoms with E-state index in [9.17, 15) is 9.59 Å². The van der Waals surface area contributed by atoms with Crippen LogP contribution in [0.2, 0.25) is 5.02 Å². The third-order valence-electron chi connectivity index (χ3n) is 3.44. The van der Waals surface area contributed by atoms with Crippen molar-refractivity contribution in [3.63, 3.8) is 0 Å². The third kappa shape index (κ3) is 5.34. The van der Waals surface area contributed by atoms with E-state index in [1.54, 1.807) is 24.0 Å². The monoisotopic (exact) mass is 324 g/mol. The second kappa shape index (κ2) is 8.79. The molecule has 1 rings (SSSR count). The van der Waals surface area contributed by atoms with Crippen LogP contribution in [0, 0.1) is 5.92 Å². The fraction of sp³-hybridized carbons (Fsp3) is 0.529. The highest BCUT2D eigenvalue weighted by Crippen LogP contribution is 2.15. The molecule has 4 nitrogen and oxygen atoms in total. The van der Waals surface area contributed by atoms with Crippen LogP contribution in [0.25, 0.3) is 0 Å². The normalized spacial score (nSPS) is 12.1. The molecule has 1 aromatic carbocycles. The zero-order chi connectivity index (χ0) is 16.7. The molecule has 0 spiro atoms. The van der Waals surface area contributed by atoms with Crippen LogP contribution in [0.4, 0.5) is 0 Å². The van der Waals surface area contributed by atoms with Gasteiger partial charge >= 0.3 is 0 Å². The van der Waals surface area contributed by atoms with Crippen LogP contribution in [0.5, 0.6) is 0 Å².